The highest BCUT2D eigenvalue weighted by Gasteiger charge is 2.23. The summed E-state index contributed by atoms with van der Waals surface area (Å²) in [6.07, 6.45) is 5.48. The summed E-state index contributed by atoms with van der Waals surface area (Å²) >= 11 is 0. The van der Waals surface area contributed by atoms with Gasteiger partial charge in [-0.2, -0.15) is 0 Å². The van der Waals surface area contributed by atoms with Crippen molar-refractivity contribution in [1.29, 1.82) is 0 Å². The zero-order valence-electron chi connectivity index (χ0n) is 12.7. The molecule has 1 fully saturated rings. The molecule has 2 aromatic carbocycles. The number of allylic oxidation sites excluding steroid dienone is 1. The molecule has 0 atom stereocenters. The molecule has 3 rings (SSSR count). The van der Waals surface area contributed by atoms with Crippen LogP contribution in [0, 0.1) is 17.6 Å². The Labute approximate surface area is 133 Å². The van der Waals surface area contributed by atoms with Gasteiger partial charge in [0.25, 0.3) is 0 Å². The van der Waals surface area contributed by atoms with Crippen LogP contribution in [0.25, 0.3) is 10.8 Å². The topological polar surface area (TPSA) is 26.3 Å². The highest BCUT2D eigenvalue weighted by Crippen LogP contribution is 2.28. The minimum absolute atomic E-state index is 0.0839. The summed E-state index contributed by atoms with van der Waals surface area (Å²) in [5.41, 5.74) is 0.356. The van der Waals surface area contributed by atoms with Crippen molar-refractivity contribution in [2.45, 2.75) is 31.8 Å². The van der Waals surface area contributed by atoms with E-state index >= 15 is 0 Å². The molecule has 2 aromatic rings. The fourth-order valence-corrected chi connectivity index (χ4v) is 3.05. The van der Waals surface area contributed by atoms with Gasteiger partial charge in [-0.25, -0.2) is 13.6 Å². The monoisotopic (exact) mass is 316 g/mol. The molecule has 0 saturated heterocycles. The lowest BCUT2D eigenvalue weighted by Crippen LogP contribution is -2.23. The predicted octanol–water partition coefficient (Wildman–Crippen LogP) is 5.02. The van der Waals surface area contributed by atoms with Crippen LogP contribution in [0.5, 0.6) is 0 Å². The quantitative estimate of drug-likeness (QED) is 0.587. The molecule has 0 unspecified atom stereocenters. The van der Waals surface area contributed by atoms with E-state index in [2.05, 4.69) is 6.58 Å². The van der Waals surface area contributed by atoms with Crippen molar-refractivity contribution < 1.29 is 18.3 Å². The molecular formula is C19H18F2O2. The molecule has 0 heterocycles. The number of rotatable bonds is 3. The van der Waals surface area contributed by atoms with E-state index in [0.717, 1.165) is 31.7 Å². The third kappa shape index (κ3) is 3.26. The van der Waals surface area contributed by atoms with Gasteiger partial charge < -0.3 is 4.74 Å². The van der Waals surface area contributed by atoms with Gasteiger partial charge in [0.2, 0.25) is 0 Å². The maximum Gasteiger partial charge on any atom is 0.338 e. The molecule has 2 nitrogen and oxygen atoms in total. The van der Waals surface area contributed by atoms with Crippen LogP contribution >= 0.6 is 0 Å². The Morgan fingerprint density at radius 2 is 1.87 bits per heavy atom. The molecule has 120 valence electrons. The van der Waals surface area contributed by atoms with Gasteiger partial charge in [-0.1, -0.05) is 18.2 Å². The van der Waals surface area contributed by atoms with Gasteiger partial charge in [0.1, 0.15) is 6.10 Å². The molecule has 0 radical (unpaired) electrons. The number of hydrogen-bond donors (Lipinski definition) is 0. The van der Waals surface area contributed by atoms with Gasteiger partial charge in [0.15, 0.2) is 11.6 Å². The minimum atomic E-state index is -0.898. The van der Waals surface area contributed by atoms with Crippen molar-refractivity contribution in [2.75, 3.05) is 0 Å². The zero-order chi connectivity index (χ0) is 16.4. The number of halogens is 2. The van der Waals surface area contributed by atoms with E-state index in [-0.39, 0.29) is 11.5 Å². The summed E-state index contributed by atoms with van der Waals surface area (Å²) in [7, 11) is 0. The lowest BCUT2D eigenvalue weighted by molar-refractivity contribution is 0.0185. The Kier molecular flexibility index (Phi) is 4.42. The zero-order valence-corrected chi connectivity index (χ0v) is 12.7. The molecule has 1 saturated carbocycles. The van der Waals surface area contributed by atoms with E-state index in [4.69, 9.17) is 4.74 Å². The van der Waals surface area contributed by atoms with Crippen LogP contribution in [0.4, 0.5) is 8.78 Å². The summed E-state index contributed by atoms with van der Waals surface area (Å²) in [6, 6.07) is 6.94. The molecule has 0 aromatic heterocycles. The fraction of sp³-hybridized carbons (Fsp3) is 0.316. The van der Waals surface area contributed by atoms with E-state index in [1.165, 1.54) is 24.3 Å². The SMILES string of the molecule is C=CC1CCC(OC(=O)c2ccc3c(F)c(F)ccc3c2)CC1. The normalized spacial score (nSPS) is 21.1. The molecule has 4 heteroatoms. The standard InChI is InChI=1S/C19H18F2O2/c1-2-12-3-7-15(8-4-12)23-19(22)14-5-9-16-13(11-14)6-10-17(20)18(16)21/h2,5-6,9-12,15H,1,3-4,7-8H2. The summed E-state index contributed by atoms with van der Waals surface area (Å²) in [6.45, 7) is 3.80. The average molecular weight is 316 g/mol. The maximum atomic E-state index is 13.7. The maximum absolute atomic E-state index is 13.7. The van der Waals surface area contributed by atoms with Crippen molar-refractivity contribution in [3.05, 3.63) is 60.2 Å². The Morgan fingerprint density at radius 3 is 2.57 bits per heavy atom. The summed E-state index contributed by atoms with van der Waals surface area (Å²) in [5.74, 6) is -1.71. The molecule has 1 aliphatic rings. The van der Waals surface area contributed by atoms with Crippen molar-refractivity contribution >= 4 is 16.7 Å². The van der Waals surface area contributed by atoms with Crippen LogP contribution in [-0.2, 0) is 4.74 Å². The van der Waals surface area contributed by atoms with Crippen molar-refractivity contribution in [1.82, 2.24) is 0 Å². The van der Waals surface area contributed by atoms with Gasteiger partial charge in [-0.05, 0) is 55.2 Å². The molecule has 0 spiro atoms. The van der Waals surface area contributed by atoms with Crippen LogP contribution in [-0.4, -0.2) is 12.1 Å². The highest BCUT2D eigenvalue weighted by molar-refractivity contribution is 5.95. The van der Waals surface area contributed by atoms with E-state index < -0.39 is 17.6 Å². The second kappa shape index (κ2) is 6.49. The lowest BCUT2D eigenvalue weighted by atomic mass is 9.87. The van der Waals surface area contributed by atoms with Gasteiger partial charge in [0.05, 0.1) is 5.56 Å². The number of hydrogen-bond acceptors (Lipinski definition) is 2. The van der Waals surface area contributed by atoms with Gasteiger partial charge in [-0.15, -0.1) is 6.58 Å². The minimum Gasteiger partial charge on any atom is -0.459 e. The molecule has 0 bridgehead atoms. The number of carbonyl (C=O) groups excluding carboxylic acids is 1. The number of benzene rings is 2. The Balaban J connectivity index is 1.74. The van der Waals surface area contributed by atoms with Crippen LogP contribution in [0.3, 0.4) is 0 Å². The van der Waals surface area contributed by atoms with Crippen LogP contribution in [0.2, 0.25) is 0 Å². The summed E-state index contributed by atoms with van der Waals surface area (Å²) in [4.78, 5) is 12.2. The van der Waals surface area contributed by atoms with E-state index in [9.17, 15) is 13.6 Å². The average Bonchev–Trinajstić information content (AvgIpc) is 2.58. The van der Waals surface area contributed by atoms with Crippen molar-refractivity contribution in [3.63, 3.8) is 0 Å². The van der Waals surface area contributed by atoms with Crippen LogP contribution < -0.4 is 0 Å². The van der Waals surface area contributed by atoms with E-state index in [1.807, 2.05) is 6.08 Å². The predicted molar refractivity (Wildman–Crippen MR) is 85.2 cm³/mol. The molecule has 1 aliphatic carbocycles. The van der Waals surface area contributed by atoms with Crippen molar-refractivity contribution in [3.8, 4) is 0 Å². The Bertz CT molecular complexity index is 746. The number of ether oxygens (including phenoxy) is 1. The molecule has 23 heavy (non-hydrogen) atoms. The Hall–Kier alpha value is -2.23. The number of esters is 1. The first-order valence-corrected chi connectivity index (χ1v) is 7.80. The van der Waals surface area contributed by atoms with Crippen LogP contribution in [0.1, 0.15) is 36.0 Å². The lowest BCUT2D eigenvalue weighted by Gasteiger charge is -2.26. The smallest absolute Gasteiger partial charge is 0.338 e. The summed E-state index contributed by atoms with van der Waals surface area (Å²) in [5, 5.41) is 0.641. The fourth-order valence-electron chi connectivity index (χ4n) is 3.05. The van der Waals surface area contributed by atoms with Gasteiger partial charge >= 0.3 is 5.97 Å². The highest BCUT2D eigenvalue weighted by atomic mass is 19.2. The number of fused-ring (bicyclic) bond motifs is 1. The van der Waals surface area contributed by atoms with E-state index in [0.29, 0.717) is 16.9 Å². The van der Waals surface area contributed by atoms with Gasteiger partial charge in [0, 0.05) is 5.39 Å². The molecule has 0 amide bonds. The third-order valence-electron chi connectivity index (χ3n) is 4.47. The van der Waals surface area contributed by atoms with Crippen LogP contribution in [0.15, 0.2) is 43.0 Å². The molecule has 0 N–H and O–H groups in total. The largest absolute Gasteiger partial charge is 0.459 e. The summed E-state index contributed by atoms with van der Waals surface area (Å²) < 4.78 is 32.4. The number of carbonyl (C=O) groups is 1. The second-order valence-corrected chi connectivity index (χ2v) is 5.98. The third-order valence-corrected chi connectivity index (χ3v) is 4.47. The molecular weight excluding hydrogens is 298 g/mol. The van der Waals surface area contributed by atoms with Gasteiger partial charge in [-0.3, -0.25) is 0 Å². The second-order valence-electron chi connectivity index (χ2n) is 5.98. The van der Waals surface area contributed by atoms with E-state index in [1.54, 1.807) is 0 Å². The first-order valence-electron chi connectivity index (χ1n) is 7.80. The Morgan fingerprint density at radius 1 is 1.13 bits per heavy atom. The first kappa shape index (κ1) is 15.7. The first-order chi connectivity index (χ1) is 11.1. The van der Waals surface area contributed by atoms with Crippen molar-refractivity contribution in [2.24, 2.45) is 5.92 Å². The molecule has 0 aliphatic heterocycles.